The minimum Gasteiger partial charge on any atom is -0.507 e. The summed E-state index contributed by atoms with van der Waals surface area (Å²) in [6, 6.07) is 4.80. The molecule has 140 valence electrons. The summed E-state index contributed by atoms with van der Waals surface area (Å²) < 4.78 is 4.34. The Morgan fingerprint density at radius 2 is 2.07 bits per heavy atom. The fourth-order valence-electron chi connectivity index (χ4n) is 2.55. The van der Waals surface area contributed by atoms with E-state index in [-0.39, 0.29) is 23.5 Å². The van der Waals surface area contributed by atoms with E-state index in [2.05, 4.69) is 31.4 Å². The Hall–Kier alpha value is -3.21. The third-order valence-corrected chi connectivity index (χ3v) is 4.40. The predicted octanol–water partition coefficient (Wildman–Crippen LogP) is 0.0521. The summed E-state index contributed by atoms with van der Waals surface area (Å²) in [5.74, 6) is -0.476. The molecule has 2 N–H and O–H groups in total. The molecule has 0 fully saturated rings. The van der Waals surface area contributed by atoms with Gasteiger partial charge in [-0.25, -0.2) is 15.2 Å². The third kappa shape index (κ3) is 3.53. The second kappa shape index (κ2) is 7.19. The summed E-state index contributed by atoms with van der Waals surface area (Å²) in [7, 11) is 2.86. The topological polar surface area (TPSA) is 124 Å². The SMILES string of the molecule is Cn1c(=O)c2ncn(CC(=O)N/N=C/c3cc(Br)ccc3O)c2n(C)c1=O. The molecule has 1 aromatic carbocycles. The lowest BCUT2D eigenvalue weighted by molar-refractivity contribution is -0.121. The average Bonchev–Trinajstić information content (AvgIpc) is 3.04. The molecule has 27 heavy (non-hydrogen) atoms. The minimum absolute atomic E-state index is 0.0163. The van der Waals surface area contributed by atoms with Crippen molar-refractivity contribution in [3.05, 3.63) is 55.4 Å². The Balaban J connectivity index is 1.81. The van der Waals surface area contributed by atoms with E-state index in [0.717, 1.165) is 9.04 Å². The van der Waals surface area contributed by atoms with Crippen molar-refractivity contribution in [3.63, 3.8) is 0 Å². The largest absolute Gasteiger partial charge is 0.507 e. The van der Waals surface area contributed by atoms with Crippen molar-refractivity contribution < 1.29 is 9.90 Å². The van der Waals surface area contributed by atoms with Crippen LogP contribution in [0.3, 0.4) is 0 Å². The molecule has 1 amide bonds. The van der Waals surface area contributed by atoms with E-state index in [0.29, 0.717) is 5.56 Å². The van der Waals surface area contributed by atoms with Crippen LogP contribution >= 0.6 is 15.9 Å². The minimum atomic E-state index is -0.532. The molecule has 2 aromatic heterocycles. The van der Waals surface area contributed by atoms with Gasteiger partial charge in [0.15, 0.2) is 5.52 Å². The molecule has 0 saturated carbocycles. The van der Waals surface area contributed by atoms with Gasteiger partial charge in [0.25, 0.3) is 11.5 Å². The molecule has 0 radical (unpaired) electrons. The maximum atomic E-state index is 12.1. The lowest BCUT2D eigenvalue weighted by atomic mass is 10.2. The van der Waals surface area contributed by atoms with E-state index in [1.54, 1.807) is 12.1 Å². The number of fused-ring (bicyclic) bond motifs is 1. The molecule has 3 rings (SSSR count). The quantitative estimate of drug-likeness (QED) is 0.443. The molecule has 0 aliphatic heterocycles. The van der Waals surface area contributed by atoms with Crippen LogP contribution < -0.4 is 16.7 Å². The first-order valence-corrected chi connectivity index (χ1v) is 8.50. The van der Waals surface area contributed by atoms with Crippen molar-refractivity contribution in [1.29, 1.82) is 0 Å². The number of nitrogens with zero attached hydrogens (tertiary/aromatic N) is 5. The van der Waals surface area contributed by atoms with E-state index in [4.69, 9.17) is 0 Å². The van der Waals surface area contributed by atoms with Crippen LogP contribution in [0.4, 0.5) is 0 Å². The van der Waals surface area contributed by atoms with Gasteiger partial charge in [-0.3, -0.25) is 18.7 Å². The number of carbonyl (C=O) groups is 1. The second-order valence-corrected chi connectivity index (χ2v) is 6.66. The monoisotopic (exact) mass is 434 g/mol. The smallest absolute Gasteiger partial charge is 0.332 e. The number of aromatic hydroxyl groups is 1. The first-order chi connectivity index (χ1) is 12.8. The Morgan fingerprint density at radius 1 is 1.33 bits per heavy atom. The first kappa shape index (κ1) is 18.6. The van der Waals surface area contributed by atoms with Gasteiger partial charge in [-0.05, 0) is 18.2 Å². The van der Waals surface area contributed by atoms with Gasteiger partial charge in [-0.1, -0.05) is 15.9 Å². The molecule has 11 heteroatoms. The summed E-state index contributed by atoms with van der Waals surface area (Å²) in [5, 5.41) is 13.5. The number of hydrogen-bond donors (Lipinski definition) is 2. The number of halogens is 1. The van der Waals surface area contributed by atoms with E-state index < -0.39 is 17.2 Å². The number of phenols is 1. The Bertz CT molecular complexity index is 1190. The maximum Gasteiger partial charge on any atom is 0.332 e. The molecule has 0 saturated heterocycles. The highest BCUT2D eigenvalue weighted by atomic mass is 79.9. The molecular weight excluding hydrogens is 420 g/mol. The van der Waals surface area contributed by atoms with Gasteiger partial charge in [0.1, 0.15) is 17.9 Å². The molecule has 0 bridgehead atoms. The number of imidazole rings is 1. The average molecular weight is 435 g/mol. The van der Waals surface area contributed by atoms with Gasteiger partial charge in [0.2, 0.25) is 0 Å². The number of nitrogens with one attached hydrogen (secondary N) is 1. The lowest BCUT2D eigenvalue weighted by Gasteiger charge is -2.07. The number of hydrazone groups is 1. The molecule has 0 atom stereocenters. The molecule has 3 aromatic rings. The summed E-state index contributed by atoms with van der Waals surface area (Å²) in [4.78, 5) is 40.3. The highest BCUT2D eigenvalue weighted by Crippen LogP contribution is 2.19. The Labute approximate surface area is 160 Å². The summed E-state index contributed by atoms with van der Waals surface area (Å²) in [5.41, 5.74) is 2.03. The van der Waals surface area contributed by atoms with Gasteiger partial charge in [0, 0.05) is 24.1 Å². The van der Waals surface area contributed by atoms with Gasteiger partial charge < -0.3 is 9.67 Å². The summed E-state index contributed by atoms with van der Waals surface area (Å²) in [6.45, 7) is -0.196. The number of aryl methyl sites for hydroxylation is 1. The standard InChI is InChI=1S/C16H15BrN6O4/c1-21-14-13(15(26)22(2)16(21)27)18-8-23(14)7-12(25)20-19-6-9-5-10(17)3-4-11(9)24/h3-6,8,24H,7H2,1-2H3,(H,20,25)/b19-6+. The zero-order chi connectivity index (χ0) is 19.7. The summed E-state index contributed by atoms with van der Waals surface area (Å²) in [6.07, 6.45) is 2.62. The number of benzene rings is 1. The number of aromatic nitrogens is 4. The first-order valence-electron chi connectivity index (χ1n) is 7.71. The fourth-order valence-corrected chi connectivity index (χ4v) is 2.93. The number of amides is 1. The molecule has 2 heterocycles. The third-order valence-electron chi connectivity index (χ3n) is 3.91. The van der Waals surface area contributed by atoms with E-state index >= 15 is 0 Å². The van der Waals surface area contributed by atoms with Gasteiger partial charge >= 0.3 is 5.69 Å². The zero-order valence-electron chi connectivity index (χ0n) is 14.4. The van der Waals surface area contributed by atoms with Crippen molar-refractivity contribution in [2.45, 2.75) is 6.54 Å². The highest BCUT2D eigenvalue weighted by molar-refractivity contribution is 9.10. The molecular formula is C16H15BrN6O4. The molecule has 0 spiro atoms. The van der Waals surface area contributed by atoms with Crippen LogP contribution in [-0.4, -0.2) is 35.9 Å². The number of hydrogen-bond acceptors (Lipinski definition) is 6. The number of rotatable bonds is 4. The molecule has 0 aliphatic carbocycles. The molecule has 0 unspecified atom stereocenters. The Morgan fingerprint density at radius 3 is 2.81 bits per heavy atom. The van der Waals surface area contributed by atoms with Crippen LogP contribution in [0.25, 0.3) is 11.2 Å². The van der Waals surface area contributed by atoms with Crippen molar-refractivity contribution >= 4 is 39.2 Å². The van der Waals surface area contributed by atoms with Crippen molar-refractivity contribution in [2.75, 3.05) is 0 Å². The van der Waals surface area contributed by atoms with Crippen molar-refractivity contribution in [3.8, 4) is 5.75 Å². The van der Waals surface area contributed by atoms with Crippen molar-refractivity contribution in [2.24, 2.45) is 19.2 Å². The van der Waals surface area contributed by atoms with Crippen molar-refractivity contribution in [1.82, 2.24) is 24.1 Å². The van der Waals surface area contributed by atoms with Crippen LogP contribution in [0.5, 0.6) is 5.75 Å². The van der Waals surface area contributed by atoms with Crippen LogP contribution in [0.1, 0.15) is 5.56 Å². The maximum absolute atomic E-state index is 12.1. The van der Waals surface area contributed by atoms with Crippen LogP contribution in [0.15, 0.2) is 43.7 Å². The molecule has 10 nitrogen and oxygen atoms in total. The van der Waals surface area contributed by atoms with Crippen LogP contribution in [0, 0.1) is 0 Å². The van der Waals surface area contributed by atoms with Crippen LogP contribution in [0.2, 0.25) is 0 Å². The number of phenolic OH excluding ortho intramolecular Hbond substituents is 1. The van der Waals surface area contributed by atoms with E-state index in [1.807, 2.05) is 0 Å². The molecule has 0 aliphatic rings. The fraction of sp³-hybridized carbons (Fsp3) is 0.188. The van der Waals surface area contributed by atoms with E-state index in [9.17, 15) is 19.5 Å². The normalized spacial score (nSPS) is 11.4. The van der Waals surface area contributed by atoms with Gasteiger partial charge in [-0.15, -0.1) is 0 Å². The van der Waals surface area contributed by atoms with Crippen LogP contribution in [-0.2, 0) is 25.4 Å². The van der Waals surface area contributed by atoms with Gasteiger partial charge in [0.05, 0.1) is 12.5 Å². The lowest BCUT2D eigenvalue weighted by Crippen LogP contribution is -2.37. The second-order valence-electron chi connectivity index (χ2n) is 5.75. The van der Waals surface area contributed by atoms with E-state index in [1.165, 1.54) is 41.8 Å². The highest BCUT2D eigenvalue weighted by Gasteiger charge is 2.15. The zero-order valence-corrected chi connectivity index (χ0v) is 16.0. The summed E-state index contributed by atoms with van der Waals surface area (Å²) >= 11 is 3.28. The van der Waals surface area contributed by atoms with Gasteiger partial charge in [-0.2, -0.15) is 5.10 Å². The Kier molecular flexibility index (Phi) is 4.95. The predicted molar refractivity (Wildman–Crippen MR) is 102 cm³/mol. The number of carbonyl (C=O) groups excluding carboxylic acids is 1.